The summed E-state index contributed by atoms with van der Waals surface area (Å²) >= 11 is 1.61. The first-order chi connectivity index (χ1) is 24.4. The van der Waals surface area contributed by atoms with Gasteiger partial charge in [0.05, 0.1) is 41.4 Å². The van der Waals surface area contributed by atoms with Crippen LogP contribution in [0.15, 0.2) is 72.2 Å². The Balaban J connectivity index is 1.09. The van der Waals surface area contributed by atoms with Crippen LogP contribution in [0, 0.1) is 18.3 Å². The third kappa shape index (κ3) is 9.67. The summed E-state index contributed by atoms with van der Waals surface area (Å²) < 4.78 is 11.3. The molecule has 4 aromatic rings. The predicted molar refractivity (Wildman–Crippen MR) is 202 cm³/mol. The summed E-state index contributed by atoms with van der Waals surface area (Å²) in [7, 11) is 1.59. The van der Waals surface area contributed by atoms with E-state index in [4.69, 9.17) is 15.2 Å². The van der Waals surface area contributed by atoms with Crippen molar-refractivity contribution in [2.75, 3.05) is 32.5 Å². The molecule has 1 aliphatic rings. The average molecular weight is 712 g/mol. The summed E-state index contributed by atoms with van der Waals surface area (Å²) in [5, 5.41) is 6.02. The van der Waals surface area contributed by atoms with E-state index in [1.807, 2.05) is 99.9 Å². The molecule has 0 radical (unpaired) electrons. The van der Waals surface area contributed by atoms with Crippen molar-refractivity contribution in [3.05, 3.63) is 83.5 Å². The van der Waals surface area contributed by atoms with E-state index >= 15 is 0 Å². The summed E-state index contributed by atoms with van der Waals surface area (Å²) in [6, 6.07) is 20.9. The third-order valence-corrected chi connectivity index (χ3v) is 10.3. The van der Waals surface area contributed by atoms with Gasteiger partial charge in [0.1, 0.15) is 17.5 Å². The molecule has 2 atom stereocenters. The number of aryl methyl sites for hydroxylation is 1. The first-order valence-electron chi connectivity index (χ1n) is 17.5. The molecule has 1 aromatic heterocycles. The summed E-state index contributed by atoms with van der Waals surface area (Å²) in [5.74, 6) is 0.429. The van der Waals surface area contributed by atoms with Crippen LogP contribution in [0.25, 0.3) is 21.6 Å². The molecular formula is C40H49N5O5S. The first-order valence-corrected chi connectivity index (χ1v) is 18.3. The zero-order valence-electron chi connectivity index (χ0n) is 30.2. The van der Waals surface area contributed by atoms with Gasteiger partial charge in [-0.2, -0.15) is 0 Å². The Kier molecular flexibility index (Phi) is 12.4. The molecule has 3 amide bonds. The number of likely N-dealkylation sites (tertiary alicyclic amines) is 1. The van der Waals surface area contributed by atoms with Crippen LogP contribution in [-0.4, -0.2) is 60.5 Å². The van der Waals surface area contributed by atoms with Crippen molar-refractivity contribution in [1.29, 1.82) is 0 Å². The number of aromatic nitrogens is 1. The minimum absolute atomic E-state index is 0.105. The molecule has 1 saturated heterocycles. The van der Waals surface area contributed by atoms with E-state index in [0.717, 1.165) is 39.2 Å². The van der Waals surface area contributed by atoms with Crippen molar-refractivity contribution in [3.63, 3.8) is 0 Å². The molecule has 0 spiro atoms. The zero-order valence-corrected chi connectivity index (χ0v) is 31.0. The molecule has 270 valence electrons. The third-order valence-electron chi connectivity index (χ3n) is 9.33. The number of thiazole rings is 1. The molecule has 51 heavy (non-hydrogen) atoms. The molecular weight excluding hydrogens is 663 g/mol. The lowest BCUT2D eigenvalue weighted by molar-refractivity contribution is -0.144. The van der Waals surface area contributed by atoms with Gasteiger partial charge in [-0.25, -0.2) is 4.98 Å². The van der Waals surface area contributed by atoms with Gasteiger partial charge in [-0.3, -0.25) is 14.4 Å². The van der Waals surface area contributed by atoms with E-state index in [2.05, 4.69) is 15.6 Å². The standard InChI is InChI=1S/C40H49N5O5S/c1-26-37(51-25-44-26)28-15-13-27(14-16-28)23-43-38(47)34-11-7-19-45(34)39(48)32(40(2,3)4)24-42-36(46)12-8-20-50-31-10-6-9-29(21-31)30-17-18-33(41)35(22-30)49-5/h6,9-10,13-18,21-22,25,32,34H,7-8,11-12,19-20,23-24,41H2,1-5H3,(H,42,46)(H,43,47)/t32-,34+/m1/s1. The van der Waals surface area contributed by atoms with Gasteiger partial charge in [0.2, 0.25) is 17.7 Å². The predicted octanol–water partition coefficient (Wildman–Crippen LogP) is 6.62. The van der Waals surface area contributed by atoms with Crippen LogP contribution in [-0.2, 0) is 20.9 Å². The Morgan fingerprint density at radius 1 is 1.02 bits per heavy atom. The monoisotopic (exact) mass is 711 g/mol. The van der Waals surface area contributed by atoms with Gasteiger partial charge in [0.15, 0.2) is 0 Å². The van der Waals surface area contributed by atoms with Crippen LogP contribution in [0.3, 0.4) is 0 Å². The summed E-state index contributed by atoms with van der Waals surface area (Å²) in [4.78, 5) is 47.3. The van der Waals surface area contributed by atoms with E-state index in [0.29, 0.717) is 49.7 Å². The number of nitrogens with zero attached hydrogens (tertiary/aromatic N) is 2. The number of nitrogens with one attached hydrogen (secondary N) is 2. The molecule has 2 heterocycles. The number of nitrogen functional groups attached to an aromatic ring is 1. The average Bonchev–Trinajstić information content (AvgIpc) is 3.79. The molecule has 10 nitrogen and oxygen atoms in total. The lowest BCUT2D eigenvalue weighted by Gasteiger charge is -2.35. The fraction of sp³-hybridized carbons (Fsp3) is 0.400. The van der Waals surface area contributed by atoms with Gasteiger partial charge in [-0.05, 0) is 78.1 Å². The van der Waals surface area contributed by atoms with Gasteiger partial charge < -0.3 is 30.7 Å². The van der Waals surface area contributed by atoms with Crippen molar-refractivity contribution in [2.24, 2.45) is 11.3 Å². The molecule has 4 N–H and O–H groups in total. The lowest BCUT2D eigenvalue weighted by Crippen LogP contribution is -2.52. The fourth-order valence-electron chi connectivity index (χ4n) is 6.31. The van der Waals surface area contributed by atoms with Gasteiger partial charge in [0.25, 0.3) is 0 Å². The van der Waals surface area contributed by atoms with Crippen LogP contribution in [0.1, 0.15) is 57.7 Å². The summed E-state index contributed by atoms with van der Waals surface area (Å²) in [6.45, 7) is 9.44. The number of benzene rings is 3. The second-order valence-electron chi connectivity index (χ2n) is 14.0. The number of hydrogen-bond donors (Lipinski definition) is 3. The van der Waals surface area contributed by atoms with Crippen LogP contribution < -0.4 is 25.8 Å². The molecule has 0 aliphatic carbocycles. The quantitative estimate of drug-likeness (QED) is 0.0988. The number of ether oxygens (including phenoxy) is 2. The molecule has 1 aliphatic heterocycles. The Morgan fingerprint density at radius 3 is 2.47 bits per heavy atom. The van der Waals surface area contributed by atoms with Crippen LogP contribution in [0.5, 0.6) is 11.5 Å². The maximum absolute atomic E-state index is 13.9. The molecule has 0 saturated carbocycles. The van der Waals surface area contributed by atoms with Crippen molar-refractivity contribution >= 4 is 34.7 Å². The number of rotatable bonds is 14. The lowest BCUT2D eigenvalue weighted by atomic mass is 9.79. The Hall–Kier alpha value is -4.90. The van der Waals surface area contributed by atoms with Crippen LogP contribution in [0.4, 0.5) is 5.69 Å². The van der Waals surface area contributed by atoms with Crippen molar-refractivity contribution < 1.29 is 23.9 Å². The Labute approximate surface area is 304 Å². The SMILES string of the molecule is COc1cc(-c2cccc(OCCCC(=O)NC[C@H](C(=O)N3CCC[C@H]3C(=O)NCc3ccc(-c4scnc4C)cc3)C(C)(C)C)c2)ccc1N. The summed E-state index contributed by atoms with van der Waals surface area (Å²) in [5.41, 5.74) is 13.0. The largest absolute Gasteiger partial charge is 0.495 e. The van der Waals surface area contributed by atoms with Crippen molar-refractivity contribution in [2.45, 2.75) is 66.0 Å². The normalized spacial score (nSPS) is 14.9. The van der Waals surface area contributed by atoms with Gasteiger partial charge in [-0.15, -0.1) is 11.3 Å². The molecule has 5 rings (SSSR count). The van der Waals surface area contributed by atoms with Gasteiger partial charge >= 0.3 is 0 Å². The van der Waals surface area contributed by atoms with Crippen molar-refractivity contribution in [1.82, 2.24) is 20.5 Å². The van der Waals surface area contributed by atoms with E-state index in [1.165, 1.54) is 0 Å². The molecule has 0 unspecified atom stereocenters. The minimum atomic E-state index is -0.533. The Morgan fingerprint density at radius 2 is 1.76 bits per heavy atom. The highest BCUT2D eigenvalue weighted by atomic mass is 32.1. The maximum atomic E-state index is 13.9. The molecule has 3 aromatic carbocycles. The Bertz CT molecular complexity index is 1820. The maximum Gasteiger partial charge on any atom is 0.243 e. The smallest absolute Gasteiger partial charge is 0.243 e. The molecule has 0 bridgehead atoms. The second-order valence-corrected chi connectivity index (χ2v) is 14.9. The second kappa shape index (κ2) is 16.9. The summed E-state index contributed by atoms with van der Waals surface area (Å²) in [6.07, 6.45) is 2.15. The highest BCUT2D eigenvalue weighted by Gasteiger charge is 2.41. The molecule has 11 heteroatoms. The van der Waals surface area contributed by atoms with Crippen molar-refractivity contribution in [3.8, 4) is 33.1 Å². The van der Waals surface area contributed by atoms with Gasteiger partial charge in [0, 0.05) is 26.1 Å². The van der Waals surface area contributed by atoms with E-state index in [9.17, 15) is 14.4 Å². The van der Waals surface area contributed by atoms with E-state index in [-0.39, 0.29) is 30.7 Å². The number of anilines is 1. The van der Waals surface area contributed by atoms with E-state index in [1.54, 1.807) is 23.3 Å². The number of amides is 3. The first kappa shape index (κ1) is 37.4. The molecule has 1 fully saturated rings. The highest BCUT2D eigenvalue weighted by Crippen LogP contribution is 2.32. The highest BCUT2D eigenvalue weighted by molar-refractivity contribution is 7.13. The number of methoxy groups -OCH3 is 1. The van der Waals surface area contributed by atoms with Crippen LogP contribution in [0.2, 0.25) is 0 Å². The van der Waals surface area contributed by atoms with Crippen LogP contribution >= 0.6 is 11.3 Å². The zero-order chi connectivity index (χ0) is 36.5. The topological polar surface area (TPSA) is 136 Å². The number of carbonyl (C=O) groups is 3. The number of nitrogens with two attached hydrogens (primary N) is 1. The minimum Gasteiger partial charge on any atom is -0.495 e. The van der Waals surface area contributed by atoms with Gasteiger partial charge in [-0.1, -0.05) is 63.2 Å². The van der Waals surface area contributed by atoms with E-state index < -0.39 is 17.4 Å². The number of carbonyl (C=O) groups excluding carboxylic acids is 3. The fourth-order valence-corrected chi connectivity index (χ4v) is 7.12. The number of hydrogen-bond acceptors (Lipinski definition) is 8.